The van der Waals surface area contributed by atoms with Crippen molar-refractivity contribution in [3.05, 3.63) is 59.7 Å². The summed E-state index contributed by atoms with van der Waals surface area (Å²) < 4.78 is 33.7. The summed E-state index contributed by atoms with van der Waals surface area (Å²) in [5.74, 6) is 1.13. The molecule has 1 amide bonds. The predicted octanol–water partition coefficient (Wildman–Crippen LogP) is 3.10. The number of fused-ring (bicyclic) bond motifs is 1. The van der Waals surface area contributed by atoms with Crippen molar-refractivity contribution in [2.75, 3.05) is 13.0 Å². The van der Waals surface area contributed by atoms with Crippen LogP contribution in [0, 0.1) is 0 Å². The summed E-state index contributed by atoms with van der Waals surface area (Å²) >= 11 is 0. The number of sulfone groups is 1. The predicted molar refractivity (Wildman–Crippen MR) is 102 cm³/mol. The van der Waals surface area contributed by atoms with Gasteiger partial charge in [-0.25, -0.2) is 8.42 Å². The van der Waals surface area contributed by atoms with Gasteiger partial charge in [0.1, 0.15) is 0 Å². The summed E-state index contributed by atoms with van der Waals surface area (Å²) in [7, 11) is -3.24. The second-order valence-electron chi connectivity index (χ2n) is 6.26. The van der Waals surface area contributed by atoms with Crippen molar-refractivity contribution >= 4 is 21.8 Å². The van der Waals surface area contributed by atoms with Crippen LogP contribution in [0.25, 0.3) is 6.08 Å². The molecule has 0 spiro atoms. The number of carbonyl (C=O) groups is 1. The fourth-order valence-electron chi connectivity index (χ4n) is 2.78. The van der Waals surface area contributed by atoms with Gasteiger partial charge in [0.15, 0.2) is 21.3 Å². The molecule has 142 valence electrons. The zero-order chi connectivity index (χ0) is 19.4. The van der Waals surface area contributed by atoms with Crippen molar-refractivity contribution < 1.29 is 22.7 Å². The summed E-state index contributed by atoms with van der Waals surface area (Å²) in [6.45, 7) is 2.16. The van der Waals surface area contributed by atoms with Crippen LogP contribution in [-0.2, 0) is 14.6 Å². The van der Waals surface area contributed by atoms with Crippen molar-refractivity contribution in [1.82, 2.24) is 5.32 Å². The Labute approximate surface area is 158 Å². The van der Waals surface area contributed by atoms with Gasteiger partial charge in [0.05, 0.1) is 10.9 Å². The third kappa shape index (κ3) is 4.68. The van der Waals surface area contributed by atoms with Crippen LogP contribution in [0.4, 0.5) is 0 Å². The van der Waals surface area contributed by atoms with Gasteiger partial charge in [0.25, 0.3) is 0 Å². The van der Waals surface area contributed by atoms with Gasteiger partial charge in [-0.15, -0.1) is 0 Å². The van der Waals surface area contributed by atoms with Gasteiger partial charge < -0.3 is 14.8 Å². The van der Waals surface area contributed by atoms with Crippen LogP contribution in [0.5, 0.6) is 11.5 Å². The SMILES string of the molecule is CC[C@@H](NC(=O)/C=C/c1ccc2c(c1)OCO2)c1ccc(S(C)(=O)=O)cc1. The first kappa shape index (κ1) is 19.0. The molecule has 0 fully saturated rings. The Bertz CT molecular complexity index is 964. The second kappa shape index (κ2) is 7.84. The highest BCUT2D eigenvalue weighted by Crippen LogP contribution is 2.32. The normalized spacial score (nSPS) is 14.3. The minimum Gasteiger partial charge on any atom is -0.454 e. The summed E-state index contributed by atoms with van der Waals surface area (Å²) in [5.41, 5.74) is 1.69. The van der Waals surface area contributed by atoms with Crippen molar-refractivity contribution in [3.63, 3.8) is 0 Å². The zero-order valence-electron chi connectivity index (χ0n) is 15.1. The standard InChI is InChI=1S/C20H21NO5S/c1-3-17(15-6-8-16(9-7-15)27(2,23)24)21-20(22)11-5-14-4-10-18-19(12-14)26-13-25-18/h4-12,17H,3,13H2,1-2H3,(H,21,22)/b11-5+/t17-/m1/s1. The van der Waals surface area contributed by atoms with E-state index in [0.717, 1.165) is 11.1 Å². The van der Waals surface area contributed by atoms with E-state index < -0.39 is 9.84 Å². The summed E-state index contributed by atoms with van der Waals surface area (Å²) in [5, 5.41) is 2.93. The molecule has 1 heterocycles. The number of rotatable bonds is 6. The molecule has 0 aliphatic carbocycles. The Morgan fingerprint density at radius 3 is 2.52 bits per heavy atom. The maximum Gasteiger partial charge on any atom is 0.244 e. The fraction of sp³-hybridized carbons (Fsp3) is 0.250. The molecule has 1 aliphatic rings. The maximum atomic E-state index is 12.3. The molecule has 1 atom stereocenters. The highest BCUT2D eigenvalue weighted by molar-refractivity contribution is 7.90. The molecular weight excluding hydrogens is 366 g/mol. The molecule has 27 heavy (non-hydrogen) atoms. The lowest BCUT2D eigenvalue weighted by Gasteiger charge is -2.16. The van der Waals surface area contributed by atoms with Gasteiger partial charge in [0.2, 0.25) is 12.7 Å². The number of benzene rings is 2. The molecule has 0 aromatic heterocycles. The lowest BCUT2D eigenvalue weighted by molar-refractivity contribution is -0.117. The number of ether oxygens (including phenoxy) is 2. The summed E-state index contributed by atoms with van der Waals surface area (Å²) in [6, 6.07) is 11.8. The highest BCUT2D eigenvalue weighted by atomic mass is 32.2. The van der Waals surface area contributed by atoms with E-state index in [-0.39, 0.29) is 23.6 Å². The minimum absolute atomic E-state index is 0.201. The van der Waals surface area contributed by atoms with Gasteiger partial charge in [-0.05, 0) is 47.9 Å². The number of amides is 1. The number of carbonyl (C=O) groups excluding carboxylic acids is 1. The van der Waals surface area contributed by atoms with Crippen LogP contribution in [0.3, 0.4) is 0 Å². The topological polar surface area (TPSA) is 81.7 Å². The zero-order valence-corrected chi connectivity index (χ0v) is 16.0. The fourth-order valence-corrected chi connectivity index (χ4v) is 3.41. The molecule has 6 nitrogen and oxygen atoms in total. The van der Waals surface area contributed by atoms with Gasteiger partial charge in [-0.2, -0.15) is 0 Å². The van der Waals surface area contributed by atoms with Crippen molar-refractivity contribution in [2.24, 2.45) is 0 Å². The number of hydrogen-bond donors (Lipinski definition) is 1. The minimum atomic E-state index is -3.24. The Morgan fingerprint density at radius 1 is 1.15 bits per heavy atom. The summed E-state index contributed by atoms with van der Waals surface area (Å²) in [6.07, 6.45) is 5.02. The van der Waals surface area contributed by atoms with E-state index >= 15 is 0 Å². The Balaban J connectivity index is 1.66. The first-order valence-electron chi connectivity index (χ1n) is 8.55. The first-order valence-corrected chi connectivity index (χ1v) is 10.4. The average molecular weight is 387 g/mol. The third-order valence-corrected chi connectivity index (χ3v) is 5.39. The monoisotopic (exact) mass is 387 g/mol. The van der Waals surface area contributed by atoms with E-state index in [1.54, 1.807) is 36.4 Å². The first-order chi connectivity index (χ1) is 12.9. The van der Waals surface area contributed by atoms with Crippen LogP contribution in [0.2, 0.25) is 0 Å². The second-order valence-corrected chi connectivity index (χ2v) is 8.27. The maximum absolute atomic E-state index is 12.3. The smallest absolute Gasteiger partial charge is 0.244 e. The molecule has 1 aliphatic heterocycles. The quantitative estimate of drug-likeness (QED) is 0.771. The van der Waals surface area contributed by atoms with Crippen LogP contribution in [0.1, 0.15) is 30.5 Å². The van der Waals surface area contributed by atoms with E-state index in [2.05, 4.69) is 5.32 Å². The van der Waals surface area contributed by atoms with Crippen molar-refractivity contribution in [3.8, 4) is 11.5 Å². The van der Waals surface area contributed by atoms with E-state index in [4.69, 9.17) is 9.47 Å². The van der Waals surface area contributed by atoms with Crippen LogP contribution in [0.15, 0.2) is 53.4 Å². The molecule has 0 saturated carbocycles. The molecule has 7 heteroatoms. The van der Waals surface area contributed by atoms with E-state index in [1.807, 2.05) is 19.1 Å². The molecule has 2 aromatic rings. The van der Waals surface area contributed by atoms with Crippen molar-refractivity contribution in [1.29, 1.82) is 0 Å². The molecule has 0 unspecified atom stereocenters. The van der Waals surface area contributed by atoms with Crippen molar-refractivity contribution in [2.45, 2.75) is 24.3 Å². The largest absolute Gasteiger partial charge is 0.454 e. The molecule has 1 N–H and O–H groups in total. The Kier molecular flexibility index (Phi) is 5.51. The molecule has 0 bridgehead atoms. The van der Waals surface area contributed by atoms with Gasteiger partial charge in [-0.1, -0.05) is 25.1 Å². The van der Waals surface area contributed by atoms with E-state index in [0.29, 0.717) is 17.9 Å². The van der Waals surface area contributed by atoms with Crippen LogP contribution < -0.4 is 14.8 Å². The molecular formula is C20H21NO5S. The lowest BCUT2D eigenvalue weighted by atomic mass is 10.0. The Morgan fingerprint density at radius 2 is 1.85 bits per heavy atom. The molecule has 2 aromatic carbocycles. The van der Waals surface area contributed by atoms with Gasteiger partial charge >= 0.3 is 0 Å². The molecule has 0 radical (unpaired) electrons. The van der Waals surface area contributed by atoms with Crippen LogP contribution in [-0.4, -0.2) is 27.4 Å². The lowest BCUT2D eigenvalue weighted by Crippen LogP contribution is -2.26. The number of hydrogen-bond acceptors (Lipinski definition) is 5. The van der Waals surface area contributed by atoms with Crippen LogP contribution >= 0.6 is 0 Å². The average Bonchev–Trinajstić information content (AvgIpc) is 3.11. The highest BCUT2D eigenvalue weighted by Gasteiger charge is 2.14. The Hall–Kier alpha value is -2.80. The molecule has 0 saturated heterocycles. The third-order valence-electron chi connectivity index (χ3n) is 4.26. The number of nitrogens with one attached hydrogen (secondary N) is 1. The van der Waals surface area contributed by atoms with Gasteiger partial charge in [0, 0.05) is 12.3 Å². The summed E-state index contributed by atoms with van der Waals surface area (Å²) in [4.78, 5) is 12.5. The van der Waals surface area contributed by atoms with E-state index in [9.17, 15) is 13.2 Å². The van der Waals surface area contributed by atoms with E-state index in [1.165, 1.54) is 12.3 Å². The molecule has 3 rings (SSSR count). The van der Waals surface area contributed by atoms with Gasteiger partial charge in [-0.3, -0.25) is 4.79 Å².